The molecule has 2 aromatic rings. The first-order valence-electron chi connectivity index (χ1n) is 5.83. The van der Waals surface area contributed by atoms with E-state index in [0.717, 1.165) is 5.56 Å². The molecule has 8 heteroatoms. The fourth-order valence-corrected chi connectivity index (χ4v) is 2.82. The summed E-state index contributed by atoms with van der Waals surface area (Å²) in [5, 5.41) is 3.90. The number of hydrogen-bond acceptors (Lipinski definition) is 5. The number of thiazole rings is 1. The number of anilines is 1. The Bertz CT molecular complexity index is 631. The second-order valence-electron chi connectivity index (χ2n) is 4.05. The molecule has 0 aliphatic heterocycles. The minimum absolute atomic E-state index is 0.197. The van der Waals surface area contributed by atoms with Crippen molar-refractivity contribution >= 4 is 46.5 Å². The summed E-state index contributed by atoms with van der Waals surface area (Å²) in [6.45, 7) is 0. The number of aromatic nitrogens is 2. The molecule has 0 saturated heterocycles. The van der Waals surface area contributed by atoms with E-state index in [1.807, 2.05) is 12.1 Å². The second kappa shape index (κ2) is 6.76. The Kier molecular flexibility index (Phi) is 5.02. The van der Waals surface area contributed by atoms with E-state index in [0.29, 0.717) is 15.8 Å². The third-order valence-corrected chi connectivity index (χ3v) is 4.25. The second-order valence-corrected chi connectivity index (χ2v) is 6.60. The molecule has 1 unspecified atom stereocenters. The predicted octanol–water partition coefficient (Wildman–Crippen LogP) is 0.706. The monoisotopic (exact) mass is 305 g/mol. The fourth-order valence-electron chi connectivity index (χ4n) is 1.46. The predicted molar refractivity (Wildman–Crippen MR) is 82.9 cm³/mol. The first-order chi connectivity index (χ1) is 9.56. The van der Waals surface area contributed by atoms with Crippen molar-refractivity contribution in [1.29, 1.82) is 0 Å². The fraction of sp³-hybridized carbons (Fsp3) is 0.250. The molecule has 0 aromatic carbocycles. The number of nitrogens with zero attached hydrogens (tertiary/aromatic N) is 2. The van der Waals surface area contributed by atoms with E-state index in [9.17, 15) is 9.00 Å². The van der Waals surface area contributed by atoms with Crippen molar-refractivity contribution in [2.75, 3.05) is 17.3 Å². The van der Waals surface area contributed by atoms with Crippen LogP contribution in [0.4, 0.5) is 5.00 Å². The van der Waals surface area contributed by atoms with E-state index >= 15 is 0 Å². The molecule has 0 bridgehead atoms. The van der Waals surface area contributed by atoms with Crippen LogP contribution in [0.5, 0.6) is 0 Å². The van der Waals surface area contributed by atoms with Gasteiger partial charge >= 0.3 is 0 Å². The van der Waals surface area contributed by atoms with Crippen LogP contribution < -0.4 is 10.9 Å². The Labute approximate surface area is 124 Å². The molecule has 0 aliphatic carbocycles. The first kappa shape index (κ1) is 14.9. The van der Waals surface area contributed by atoms with Crippen molar-refractivity contribution in [3.63, 3.8) is 0 Å². The SMILES string of the molecule is [B]c1nc(-c2cccnc2)sc1NC(=O)CCS(C)=O. The average Bonchev–Trinajstić information content (AvgIpc) is 2.79. The Morgan fingerprint density at radius 1 is 1.55 bits per heavy atom. The van der Waals surface area contributed by atoms with Crippen LogP contribution in [0, 0.1) is 0 Å². The third kappa shape index (κ3) is 3.98. The molecule has 0 aliphatic rings. The molecule has 1 N–H and O–H groups in total. The number of carbonyl (C=O) groups is 1. The number of amides is 1. The van der Waals surface area contributed by atoms with Crippen LogP contribution >= 0.6 is 11.3 Å². The van der Waals surface area contributed by atoms with Gasteiger partial charge in [-0.1, -0.05) is 11.3 Å². The minimum atomic E-state index is -0.987. The van der Waals surface area contributed by atoms with Crippen LogP contribution in [0.25, 0.3) is 10.6 Å². The minimum Gasteiger partial charge on any atom is -0.317 e. The highest BCUT2D eigenvalue weighted by Gasteiger charge is 2.12. The summed E-state index contributed by atoms with van der Waals surface area (Å²) in [5.74, 6) is 0.119. The van der Waals surface area contributed by atoms with E-state index in [1.54, 1.807) is 18.6 Å². The molecule has 2 aromatic heterocycles. The number of rotatable bonds is 5. The van der Waals surface area contributed by atoms with Crippen molar-refractivity contribution < 1.29 is 9.00 Å². The van der Waals surface area contributed by atoms with Gasteiger partial charge in [0.05, 0.1) is 0 Å². The summed E-state index contributed by atoms with van der Waals surface area (Å²) in [4.78, 5) is 19.9. The van der Waals surface area contributed by atoms with E-state index in [1.165, 1.54) is 11.3 Å². The molecule has 102 valence electrons. The molecule has 1 atom stereocenters. The van der Waals surface area contributed by atoms with Crippen molar-refractivity contribution in [1.82, 2.24) is 9.97 Å². The highest BCUT2D eigenvalue weighted by molar-refractivity contribution is 7.84. The highest BCUT2D eigenvalue weighted by Crippen LogP contribution is 2.25. The molecule has 2 rings (SSSR count). The molecule has 0 spiro atoms. The first-order valence-corrected chi connectivity index (χ1v) is 8.37. The van der Waals surface area contributed by atoms with Crippen LogP contribution in [0.1, 0.15) is 6.42 Å². The largest absolute Gasteiger partial charge is 0.317 e. The van der Waals surface area contributed by atoms with Crippen molar-refractivity contribution in [3.05, 3.63) is 24.5 Å². The summed E-state index contributed by atoms with van der Waals surface area (Å²) in [6.07, 6.45) is 5.12. The van der Waals surface area contributed by atoms with Gasteiger partial charge in [0, 0.05) is 52.8 Å². The number of hydrogen-bond donors (Lipinski definition) is 1. The van der Waals surface area contributed by atoms with Crippen LogP contribution in [-0.2, 0) is 15.6 Å². The number of pyridine rings is 1. The Morgan fingerprint density at radius 2 is 2.35 bits per heavy atom. The topological polar surface area (TPSA) is 72.0 Å². The van der Waals surface area contributed by atoms with Crippen LogP contribution in [0.3, 0.4) is 0 Å². The lowest BCUT2D eigenvalue weighted by Gasteiger charge is -2.01. The standard InChI is InChI=1S/C12H12BN3O2S2/c1-20(18)6-4-9(17)15-12-10(13)16-11(19-12)8-3-2-5-14-7-8/h2-3,5,7H,4,6H2,1H3,(H,15,17). The zero-order chi connectivity index (χ0) is 14.5. The van der Waals surface area contributed by atoms with Gasteiger partial charge in [-0.3, -0.25) is 19.0 Å². The average molecular weight is 305 g/mol. The maximum Gasteiger partial charge on any atom is 0.225 e. The van der Waals surface area contributed by atoms with Crippen molar-refractivity contribution in [3.8, 4) is 10.6 Å². The molecule has 0 fully saturated rings. The lowest BCUT2D eigenvalue weighted by Crippen LogP contribution is -2.18. The zero-order valence-electron chi connectivity index (χ0n) is 10.8. The summed E-state index contributed by atoms with van der Waals surface area (Å²) in [5.41, 5.74) is 1.12. The van der Waals surface area contributed by atoms with Crippen molar-refractivity contribution in [2.45, 2.75) is 6.42 Å². The van der Waals surface area contributed by atoms with E-state index in [4.69, 9.17) is 7.85 Å². The lowest BCUT2D eigenvalue weighted by molar-refractivity contribution is -0.115. The molecule has 0 saturated carbocycles. The molecular weight excluding hydrogens is 293 g/mol. The van der Waals surface area contributed by atoms with Gasteiger partial charge in [-0.15, -0.1) is 0 Å². The lowest BCUT2D eigenvalue weighted by atomic mass is 10.1. The summed E-state index contributed by atoms with van der Waals surface area (Å²) in [7, 11) is 4.80. The van der Waals surface area contributed by atoms with Gasteiger partial charge in [0.2, 0.25) is 5.91 Å². The molecule has 2 radical (unpaired) electrons. The van der Waals surface area contributed by atoms with Gasteiger partial charge in [0.1, 0.15) is 17.9 Å². The number of carbonyl (C=O) groups excluding carboxylic acids is 1. The van der Waals surface area contributed by atoms with E-state index in [2.05, 4.69) is 15.3 Å². The summed E-state index contributed by atoms with van der Waals surface area (Å²) >= 11 is 1.29. The van der Waals surface area contributed by atoms with Crippen LogP contribution in [-0.4, -0.2) is 39.9 Å². The summed E-state index contributed by atoms with van der Waals surface area (Å²) < 4.78 is 10.9. The molecular formula is C12H12BN3O2S2. The Hall–Kier alpha value is -1.54. The van der Waals surface area contributed by atoms with Gasteiger partial charge in [-0.25, -0.2) is 0 Å². The van der Waals surface area contributed by atoms with Gasteiger partial charge in [0.25, 0.3) is 0 Å². The van der Waals surface area contributed by atoms with Gasteiger partial charge in [-0.05, 0) is 12.1 Å². The van der Waals surface area contributed by atoms with Gasteiger partial charge in [-0.2, -0.15) is 0 Å². The quantitative estimate of drug-likeness (QED) is 0.826. The highest BCUT2D eigenvalue weighted by atomic mass is 32.2. The maximum atomic E-state index is 11.7. The van der Waals surface area contributed by atoms with Gasteiger partial charge < -0.3 is 5.32 Å². The van der Waals surface area contributed by atoms with E-state index in [-0.39, 0.29) is 17.9 Å². The van der Waals surface area contributed by atoms with Crippen molar-refractivity contribution in [2.24, 2.45) is 0 Å². The summed E-state index contributed by atoms with van der Waals surface area (Å²) in [6, 6.07) is 3.68. The smallest absolute Gasteiger partial charge is 0.225 e. The van der Waals surface area contributed by atoms with E-state index < -0.39 is 10.8 Å². The van der Waals surface area contributed by atoms with Crippen LogP contribution in [0.2, 0.25) is 0 Å². The molecule has 20 heavy (non-hydrogen) atoms. The maximum absolute atomic E-state index is 11.7. The Balaban J connectivity index is 2.08. The molecule has 2 heterocycles. The third-order valence-electron chi connectivity index (χ3n) is 2.43. The number of nitrogens with one attached hydrogen (secondary N) is 1. The normalized spacial score (nSPS) is 12.1. The zero-order valence-corrected chi connectivity index (χ0v) is 12.5. The van der Waals surface area contributed by atoms with Gasteiger partial charge in [0.15, 0.2) is 0 Å². The Morgan fingerprint density at radius 3 is 3.00 bits per heavy atom. The molecule has 5 nitrogen and oxygen atoms in total. The molecule has 1 amide bonds. The van der Waals surface area contributed by atoms with Crippen LogP contribution in [0.15, 0.2) is 24.5 Å².